The van der Waals surface area contributed by atoms with E-state index < -0.39 is 11.9 Å². The summed E-state index contributed by atoms with van der Waals surface area (Å²) in [7, 11) is 0. The first-order valence-electron chi connectivity index (χ1n) is 8.66. The molecule has 1 saturated heterocycles. The van der Waals surface area contributed by atoms with Crippen LogP contribution in [0.3, 0.4) is 0 Å². The van der Waals surface area contributed by atoms with Gasteiger partial charge in [-0.25, -0.2) is 0 Å². The monoisotopic (exact) mass is 337 g/mol. The summed E-state index contributed by atoms with van der Waals surface area (Å²) in [6.07, 6.45) is 0.401. The van der Waals surface area contributed by atoms with Crippen molar-refractivity contribution in [2.24, 2.45) is 5.92 Å². The van der Waals surface area contributed by atoms with E-state index in [0.29, 0.717) is 13.0 Å². The number of amides is 1. The zero-order chi connectivity index (χ0) is 17.8. The molecular weight excluding hydrogens is 314 g/mol. The fraction of sp³-hybridized carbons (Fsp3) is 0.333. The Bertz CT molecular complexity index is 729. The van der Waals surface area contributed by atoms with E-state index in [2.05, 4.69) is 0 Å². The lowest BCUT2D eigenvalue weighted by Gasteiger charge is -2.19. The maximum absolute atomic E-state index is 12.7. The Morgan fingerprint density at radius 3 is 2.24 bits per heavy atom. The van der Waals surface area contributed by atoms with Gasteiger partial charge in [0.25, 0.3) is 0 Å². The van der Waals surface area contributed by atoms with Crippen LogP contribution >= 0.6 is 0 Å². The quantitative estimate of drug-likeness (QED) is 0.908. The van der Waals surface area contributed by atoms with Crippen LogP contribution in [0, 0.1) is 5.92 Å². The van der Waals surface area contributed by atoms with Gasteiger partial charge < -0.3 is 10.0 Å². The predicted molar refractivity (Wildman–Crippen MR) is 96.4 cm³/mol. The van der Waals surface area contributed by atoms with Gasteiger partial charge in [0.2, 0.25) is 5.91 Å². The van der Waals surface area contributed by atoms with Crippen molar-refractivity contribution in [2.75, 3.05) is 13.1 Å². The Morgan fingerprint density at radius 1 is 1.04 bits per heavy atom. The summed E-state index contributed by atoms with van der Waals surface area (Å²) in [5.74, 6) is -1.37. The van der Waals surface area contributed by atoms with E-state index >= 15 is 0 Å². The molecule has 2 aromatic rings. The van der Waals surface area contributed by atoms with Crippen LogP contribution in [0.1, 0.15) is 36.3 Å². The van der Waals surface area contributed by atoms with E-state index in [4.69, 9.17) is 0 Å². The first-order valence-corrected chi connectivity index (χ1v) is 8.66. The van der Waals surface area contributed by atoms with Gasteiger partial charge in [0.05, 0.1) is 5.92 Å². The van der Waals surface area contributed by atoms with Gasteiger partial charge in [0.1, 0.15) is 0 Å². The minimum Gasteiger partial charge on any atom is -0.481 e. The third kappa shape index (κ3) is 3.90. The summed E-state index contributed by atoms with van der Waals surface area (Å²) in [6, 6.07) is 19.6. The molecule has 3 unspecified atom stereocenters. The maximum atomic E-state index is 12.7. The molecule has 3 rings (SSSR count). The number of rotatable bonds is 5. The van der Waals surface area contributed by atoms with E-state index in [1.807, 2.05) is 67.6 Å². The van der Waals surface area contributed by atoms with E-state index in [1.54, 1.807) is 4.90 Å². The smallest absolute Gasteiger partial charge is 0.308 e. The summed E-state index contributed by atoms with van der Waals surface area (Å²) >= 11 is 0. The molecule has 3 atom stereocenters. The lowest BCUT2D eigenvalue weighted by molar-refractivity contribution is -0.141. The molecule has 1 N–H and O–H groups in total. The van der Waals surface area contributed by atoms with Crippen molar-refractivity contribution in [3.63, 3.8) is 0 Å². The van der Waals surface area contributed by atoms with Gasteiger partial charge in [0.15, 0.2) is 0 Å². The Hall–Kier alpha value is -2.62. The Labute approximate surface area is 148 Å². The van der Waals surface area contributed by atoms with E-state index in [1.165, 1.54) is 0 Å². The van der Waals surface area contributed by atoms with Crippen molar-refractivity contribution < 1.29 is 14.7 Å². The number of hydrogen-bond acceptors (Lipinski definition) is 2. The number of benzene rings is 2. The standard InChI is InChI=1S/C21H23NO3/c1-15(16-8-4-2-5-9-16)12-20(23)22-13-18(19(14-22)21(24)25)17-10-6-3-7-11-17/h2-11,15,18-19H,12-14H2,1H3,(H,24,25). The zero-order valence-corrected chi connectivity index (χ0v) is 14.3. The lowest BCUT2D eigenvalue weighted by atomic mass is 9.89. The molecule has 1 aliphatic rings. The summed E-state index contributed by atoms with van der Waals surface area (Å²) in [5, 5.41) is 9.57. The summed E-state index contributed by atoms with van der Waals surface area (Å²) in [5.41, 5.74) is 2.12. The van der Waals surface area contributed by atoms with Gasteiger partial charge in [-0.05, 0) is 17.0 Å². The number of aliphatic carboxylic acids is 1. The SMILES string of the molecule is CC(CC(=O)N1CC(C(=O)O)C(c2ccccc2)C1)c1ccccc1. The molecule has 4 nitrogen and oxygen atoms in total. The van der Waals surface area contributed by atoms with Crippen molar-refractivity contribution in [3.05, 3.63) is 71.8 Å². The summed E-state index contributed by atoms with van der Waals surface area (Å²) < 4.78 is 0. The summed E-state index contributed by atoms with van der Waals surface area (Å²) in [4.78, 5) is 26.1. The Morgan fingerprint density at radius 2 is 1.64 bits per heavy atom. The number of hydrogen-bond donors (Lipinski definition) is 1. The highest BCUT2D eigenvalue weighted by Crippen LogP contribution is 2.34. The molecule has 0 spiro atoms. The summed E-state index contributed by atoms with van der Waals surface area (Å²) in [6.45, 7) is 2.79. The van der Waals surface area contributed by atoms with Gasteiger partial charge in [-0.15, -0.1) is 0 Å². The molecule has 0 saturated carbocycles. The lowest BCUT2D eigenvalue weighted by Crippen LogP contribution is -2.30. The van der Waals surface area contributed by atoms with Gasteiger partial charge in [-0.3, -0.25) is 9.59 Å². The first kappa shape index (κ1) is 17.2. The molecule has 4 heteroatoms. The number of carboxylic acids is 1. The molecule has 0 radical (unpaired) electrons. The molecule has 0 aliphatic carbocycles. The minimum atomic E-state index is -0.833. The molecule has 1 heterocycles. The van der Waals surface area contributed by atoms with Crippen LogP contribution < -0.4 is 0 Å². The maximum Gasteiger partial charge on any atom is 0.308 e. The fourth-order valence-corrected chi connectivity index (χ4v) is 3.59. The van der Waals surface area contributed by atoms with E-state index in [9.17, 15) is 14.7 Å². The second-order valence-corrected chi connectivity index (χ2v) is 6.78. The Kier molecular flexibility index (Phi) is 5.17. The van der Waals surface area contributed by atoms with E-state index in [0.717, 1.165) is 11.1 Å². The van der Waals surface area contributed by atoms with Gasteiger partial charge >= 0.3 is 5.97 Å². The van der Waals surface area contributed by atoms with Crippen molar-refractivity contribution in [1.82, 2.24) is 4.90 Å². The fourth-order valence-electron chi connectivity index (χ4n) is 3.59. The van der Waals surface area contributed by atoms with Crippen molar-refractivity contribution in [1.29, 1.82) is 0 Å². The zero-order valence-electron chi connectivity index (χ0n) is 14.3. The molecule has 25 heavy (non-hydrogen) atoms. The third-order valence-corrected chi connectivity index (χ3v) is 5.07. The van der Waals surface area contributed by atoms with Crippen LogP contribution in [-0.2, 0) is 9.59 Å². The van der Waals surface area contributed by atoms with Crippen LogP contribution in [0.4, 0.5) is 0 Å². The normalized spacial score (nSPS) is 21.1. The number of nitrogens with zero attached hydrogens (tertiary/aromatic N) is 1. The molecule has 1 amide bonds. The van der Waals surface area contributed by atoms with Crippen LogP contribution in [0.25, 0.3) is 0 Å². The second-order valence-electron chi connectivity index (χ2n) is 6.78. The molecule has 2 aromatic carbocycles. The van der Waals surface area contributed by atoms with E-state index in [-0.39, 0.29) is 24.3 Å². The molecule has 1 aliphatic heterocycles. The largest absolute Gasteiger partial charge is 0.481 e. The van der Waals surface area contributed by atoms with Gasteiger partial charge in [0, 0.05) is 25.4 Å². The van der Waals surface area contributed by atoms with Crippen LogP contribution in [0.15, 0.2) is 60.7 Å². The van der Waals surface area contributed by atoms with Gasteiger partial charge in [-0.2, -0.15) is 0 Å². The first-order chi connectivity index (χ1) is 12.1. The highest BCUT2D eigenvalue weighted by molar-refractivity contribution is 5.80. The third-order valence-electron chi connectivity index (χ3n) is 5.07. The average Bonchev–Trinajstić information content (AvgIpc) is 3.09. The number of likely N-dealkylation sites (tertiary alicyclic amines) is 1. The highest BCUT2D eigenvalue weighted by Gasteiger charge is 2.40. The second kappa shape index (κ2) is 7.51. The predicted octanol–water partition coefficient (Wildman–Crippen LogP) is 3.51. The molecular formula is C21H23NO3. The van der Waals surface area contributed by atoms with Crippen LogP contribution in [0.2, 0.25) is 0 Å². The van der Waals surface area contributed by atoms with Crippen molar-refractivity contribution >= 4 is 11.9 Å². The highest BCUT2D eigenvalue weighted by atomic mass is 16.4. The topological polar surface area (TPSA) is 57.6 Å². The molecule has 130 valence electrons. The minimum absolute atomic E-state index is 0.0287. The molecule has 0 bridgehead atoms. The number of carbonyl (C=O) groups is 2. The Balaban J connectivity index is 1.70. The van der Waals surface area contributed by atoms with Crippen molar-refractivity contribution in [2.45, 2.75) is 25.2 Å². The van der Waals surface area contributed by atoms with Crippen molar-refractivity contribution in [3.8, 4) is 0 Å². The van der Waals surface area contributed by atoms with Crippen LogP contribution in [0.5, 0.6) is 0 Å². The van der Waals surface area contributed by atoms with Gasteiger partial charge in [-0.1, -0.05) is 67.6 Å². The number of carbonyl (C=O) groups excluding carboxylic acids is 1. The molecule has 1 fully saturated rings. The average molecular weight is 337 g/mol. The molecule has 0 aromatic heterocycles. The van der Waals surface area contributed by atoms with Crippen LogP contribution in [-0.4, -0.2) is 35.0 Å². The number of carboxylic acid groups (broad SMARTS) is 1.